The summed E-state index contributed by atoms with van der Waals surface area (Å²) in [6, 6.07) is 15.2. The molecule has 2 atom stereocenters. The number of carbonyl (C=O) groups is 2. The average Bonchev–Trinajstić information content (AvgIpc) is 3.43. The molecule has 3 aromatic rings. The van der Waals surface area contributed by atoms with Gasteiger partial charge in [-0.1, -0.05) is 38.1 Å². The lowest BCUT2D eigenvalue weighted by Crippen LogP contribution is -2.52. The van der Waals surface area contributed by atoms with E-state index in [1.807, 2.05) is 61.7 Å². The molecular formula is C22H23N5O3S. The van der Waals surface area contributed by atoms with Gasteiger partial charge in [0.1, 0.15) is 5.54 Å². The topological polar surface area (TPSA) is 110 Å². The molecule has 3 rings (SSSR count). The van der Waals surface area contributed by atoms with E-state index in [2.05, 4.69) is 21.5 Å². The van der Waals surface area contributed by atoms with Crippen molar-refractivity contribution >= 4 is 23.2 Å². The summed E-state index contributed by atoms with van der Waals surface area (Å²) in [5.41, 5.74) is -0.331. The van der Waals surface area contributed by atoms with Crippen molar-refractivity contribution in [2.75, 3.05) is 0 Å². The Morgan fingerprint density at radius 3 is 2.48 bits per heavy atom. The molecule has 8 nitrogen and oxygen atoms in total. The van der Waals surface area contributed by atoms with E-state index in [9.17, 15) is 14.9 Å². The lowest BCUT2D eigenvalue weighted by Gasteiger charge is -2.28. The highest BCUT2D eigenvalue weighted by Gasteiger charge is 2.33. The predicted octanol–water partition coefficient (Wildman–Crippen LogP) is 3.60. The Morgan fingerprint density at radius 2 is 1.90 bits per heavy atom. The number of rotatable bonds is 7. The van der Waals surface area contributed by atoms with E-state index < -0.39 is 23.5 Å². The highest BCUT2D eigenvalue weighted by Crippen LogP contribution is 2.25. The second-order valence-corrected chi connectivity index (χ2v) is 8.44. The van der Waals surface area contributed by atoms with E-state index in [-0.39, 0.29) is 11.7 Å². The molecule has 1 N–H and O–H groups in total. The van der Waals surface area contributed by atoms with Crippen molar-refractivity contribution < 1.29 is 14.3 Å². The summed E-state index contributed by atoms with van der Waals surface area (Å²) in [7, 11) is 0. The molecular weight excluding hydrogens is 414 g/mol. The number of amides is 1. The van der Waals surface area contributed by atoms with Crippen LogP contribution in [0.15, 0.2) is 47.8 Å². The largest absolute Gasteiger partial charge is 0.447 e. The van der Waals surface area contributed by atoms with Gasteiger partial charge in [-0.25, -0.2) is 9.48 Å². The zero-order valence-electron chi connectivity index (χ0n) is 17.7. The number of nitrogens with one attached hydrogen (secondary N) is 1. The first kappa shape index (κ1) is 22.2. The number of hydrogen-bond donors (Lipinski definition) is 1. The molecule has 0 spiro atoms. The van der Waals surface area contributed by atoms with Gasteiger partial charge in [0, 0.05) is 0 Å². The maximum atomic E-state index is 12.7. The van der Waals surface area contributed by atoms with Gasteiger partial charge in [0.05, 0.1) is 16.6 Å². The highest BCUT2D eigenvalue weighted by atomic mass is 32.1. The number of para-hydroxylation sites is 1. The van der Waals surface area contributed by atoms with E-state index in [1.165, 1.54) is 18.3 Å². The summed E-state index contributed by atoms with van der Waals surface area (Å²) in [6.45, 7) is 6.72. The van der Waals surface area contributed by atoms with Gasteiger partial charge in [-0.3, -0.25) is 4.79 Å². The quantitative estimate of drug-likeness (QED) is 0.566. The summed E-state index contributed by atoms with van der Waals surface area (Å²) in [6.07, 6.45) is -1.12. The molecule has 2 unspecified atom stereocenters. The number of esters is 1. The van der Waals surface area contributed by atoms with Crippen LogP contribution in [0.2, 0.25) is 0 Å². The van der Waals surface area contributed by atoms with Gasteiger partial charge in [-0.05, 0) is 43.3 Å². The second-order valence-electron chi connectivity index (χ2n) is 7.49. The van der Waals surface area contributed by atoms with Gasteiger partial charge >= 0.3 is 5.97 Å². The van der Waals surface area contributed by atoms with Crippen molar-refractivity contribution in [2.45, 2.75) is 39.3 Å². The third-order valence-corrected chi connectivity index (χ3v) is 5.82. The Morgan fingerprint density at radius 1 is 1.19 bits per heavy atom. The fourth-order valence-electron chi connectivity index (χ4n) is 2.64. The van der Waals surface area contributed by atoms with Gasteiger partial charge in [-0.2, -0.15) is 10.2 Å². The normalized spacial score (nSPS) is 13.8. The standard InChI is InChI=1S/C22H23N5O3S/c1-14(2)22(4,13-23)25-20(28)15(3)30-21(29)18-24-19(17-11-8-12-31-17)27(26-18)16-9-6-5-7-10-16/h5-12,14-15H,1-4H3,(H,25,28). The minimum Gasteiger partial charge on any atom is -0.447 e. The Kier molecular flexibility index (Phi) is 6.51. The minimum absolute atomic E-state index is 0.124. The number of ether oxygens (including phenoxy) is 1. The molecule has 0 aliphatic heterocycles. The maximum absolute atomic E-state index is 12.7. The summed E-state index contributed by atoms with van der Waals surface area (Å²) in [5, 5.41) is 18.3. The Balaban J connectivity index is 1.82. The molecule has 0 saturated carbocycles. The van der Waals surface area contributed by atoms with Gasteiger partial charge in [0.25, 0.3) is 11.7 Å². The maximum Gasteiger partial charge on any atom is 0.379 e. The number of benzene rings is 1. The number of nitrogens with zero attached hydrogens (tertiary/aromatic N) is 4. The molecule has 2 heterocycles. The first-order chi connectivity index (χ1) is 14.7. The van der Waals surface area contributed by atoms with Gasteiger partial charge in [0.2, 0.25) is 0 Å². The van der Waals surface area contributed by atoms with Crippen molar-refractivity contribution in [1.82, 2.24) is 20.1 Å². The zero-order chi connectivity index (χ0) is 22.6. The fraction of sp³-hybridized carbons (Fsp3) is 0.318. The molecule has 0 aliphatic rings. The lowest BCUT2D eigenvalue weighted by molar-refractivity contribution is -0.130. The molecule has 9 heteroatoms. The smallest absolute Gasteiger partial charge is 0.379 e. The summed E-state index contributed by atoms with van der Waals surface area (Å²) in [5.74, 6) is -1.16. The Bertz CT molecular complexity index is 1100. The van der Waals surface area contributed by atoms with Crippen LogP contribution in [0.1, 0.15) is 38.3 Å². The molecule has 2 aromatic heterocycles. The molecule has 0 bridgehead atoms. The van der Waals surface area contributed by atoms with Gasteiger partial charge < -0.3 is 10.1 Å². The lowest BCUT2D eigenvalue weighted by atomic mass is 9.90. The molecule has 0 fully saturated rings. The average molecular weight is 438 g/mol. The molecule has 0 radical (unpaired) electrons. The van der Waals surface area contributed by atoms with Crippen LogP contribution < -0.4 is 5.32 Å². The van der Waals surface area contributed by atoms with E-state index >= 15 is 0 Å². The first-order valence-electron chi connectivity index (χ1n) is 9.75. The fourth-order valence-corrected chi connectivity index (χ4v) is 3.34. The second kappa shape index (κ2) is 9.10. The van der Waals surface area contributed by atoms with Crippen LogP contribution in [-0.4, -0.2) is 38.3 Å². The third kappa shape index (κ3) is 4.81. The Labute approximate surface area is 184 Å². The molecule has 160 valence electrons. The molecule has 31 heavy (non-hydrogen) atoms. The first-order valence-corrected chi connectivity index (χ1v) is 10.6. The van der Waals surface area contributed by atoms with E-state index in [1.54, 1.807) is 11.6 Å². The van der Waals surface area contributed by atoms with Crippen molar-refractivity contribution in [1.29, 1.82) is 5.26 Å². The Hall–Kier alpha value is -3.51. The van der Waals surface area contributed by atoms with Crippen molar-refractivity contribution in [2.24, 2.45) is 5.92 Å². The van der Waals surface area contributed by atoms with Crippen LogP contribution in [0.5, 0.6) is 0 Å². The van der Waals surface area contributed by atoms with Crippen LogP contribution in [0, 0.1) is 17.2 Å². The summed E-state index contributed by atoms with van der Waals surface area (Å²) in [4.78, 5) is 30.4. The van der Waals surface area contributed by atoms with Crippen molar-refractivity contribution in [3.63, 3.8) is 0 Å². The van der Waals surface area contributed by atoms with Crippen LogP contribution in [0.4, 0.5) is 0 Å². The monoisotopic (exact) mass is 437 g/mol. The molecule has 1 aromatic carbocycles. The number of nitriles is 1. The van der Waals surface area contributed by atoms with Crippen LogP contribution >= 0.6 is 11.3 Å². The minimum atomic E-state index is -1.12. The summed E-state index contributed by atoms with van der Waals surface area (Å²) >= 11 is 1.47. The van der Waals surface area contributed by atoms with Crippen LogP contribution in [-0.2, 0) is 9.53 Å². The van der Waals surface area contributed by atoms with Crippen molar-refractivity contribution in [3.8, 4) is 22.5 Å². The van der Waals surface area contributed by atoms with E-state index in [0.29, 0.717) is 5.82 Å². The van der Waals surface area contributed by atoms with Crippen molar-refractivity contribution in [3.05, 3.63) is 53.7 Å². The third-order valence-electron chi connectivity index (χ3n) is 4.95. The van der Waals surface area contributed by atoms with Gasteiger partial charge in [-0.15, -0.1) is 16.4 Å². The predicted molar refractivity (Wildman–Crippen MR) is 117 cm³/mol. The number of aromatic nitrogens is 3. The SMILES string of the molecule is CC(OC(=O)c1nc(-c2cccs2)n(-c2ccccc2)n1)C(=O)NC(C)(C#N)C(C)C. The number of hydrogen-bond acceptors (Lipinski definition) is 7. The highest BCUT2D eigenvalue weighted by molar-refractivity contribution is 7.13. The number of carbonyl (C=O) groups excluding carboxylic acids is 2. The van der Waals surface area contributed by atoms with Crippen LogP contribution in [0.3, 0.4) is 0 Å². The summed E-state index contributed by atoms with van der Waals surface area (Å²) < 4.78 is 6.86. The molecule has 0 aliphatic carbocycles. The van der Waals surface area contributed by atoms with Crippen LogP contribution in [0.25, 0.3) is 16.4 Å². The van der Waals surface area contributed by atoms with E-state index in [4.69, 9.17) is 4.74 Å². The zero-order valence-corrected chi connectivity index (χ0v) is 18.5. The number of thiophene rings is 1. The molecule has 0 saturated heterocycles. The van der Waals surface area contributed by atoms with E-state index in [0.717, 1.165) is 10.6 Å². The van der Waals surface area contributed by atoms with Gasteiger partial charge in [0.15, 0.2) is 11.9 Å². The molecule has 1 amide bonds.